The molecule has 0 bridgehead atoms. The number of aryl methyl sites for hydroxylation is 4. The van der Waals surface area contributed by atoms with Crippen LogP contribution in [0.4, 0.5) is 0 Å². The van der Waals surface area contributed by atoms with Crippen molar-refractivity contribution < 1.29 is 0 Å². The molecule has 104 valence electrons. The third-order valence-corrected chi connectivity index (χ3v) is 3.63. The largest absolute Gasteiger partial charge is 0.326 e. The van der Waals surface area contributed by atoms with Gasteiger partial charge in [-0.1, -0.05) is 13.8 Å². The lowest BCUT2D eigenvalue weighted by molar-refractivity contribution is 0.560. The van der Waals surface area contributed by atoms with Crippen molar-refractivity contribution in [1.29, 1.82) is 0 Å². The maximum Gasteiger partial charge on any atom is 0.0669 e. The standard InChI is InChI=1S/C14H23N5/c1-4-13-12(10-15)14(5-2)19(17-13)9-7-11-6-8-16-18(11)3/h6,8H,4-5,7,9-10,15H2,1-3H3. The zero-order valence-corrected chi connectivity index (χ0v) is 12.1. The highest BCUT2D eigenvalue weighted by Crippen LogP contribution is 2.16. The zero-order chi connectivity index (χ0) is 13.8. The van der Waals surface area contributed by atoms with Gasteiger partial charge < -0.3 is 5.73 Å². The molecule has 0 aromatic carbocycles. The van der Waals surface area contributed by atoms with Gasteiger partial charge in [0.05, 0.1) is 5.69 Å². The van der Waals surface area contributed by atoms with E-state index < -0.39 is 0 Å². The van der Waals surface area contributed by atoms with Gasteiger partial charge in [0.25, 0.3) is 0 Å². The molecule has 0 fully saturated rings. The average Bonchev–Trinajstić information content (AvgIpc) is 2.98. The maximum atomic E-state index is 5.86. The molecular weight excluding hydrogens is 238 g/mol. The first-order valence-electron chi connectivity index (χ1n) is 6.95. The van der Waals surface area contributed by atoms with Crippen LogP contribution in [0.1, 0.15) is 36.5 Å². The van der Waals surface area contributed by atoms with Gasteiger partial charge in [0.15, 0.2) is 0 Å². The summed E-state index contributed by atoms with van der Waals surface area (Å²) in [6, 6.07) is 2.06. The fourth-order valence-electron chi connectivity index (χ4n) is 2.56. The van der Waals surface area contributed by atoms with Gasteiger partial charge in [0.2, 0.25) is 0 Å². The molecular formula is C14H23N5. The molecule has 0 aliphatic rings. The lowest BCUT2D eigenvalue weighted by Gasteiger charge is -2.07. The van der Waals surface area contributed by atoms with E-state index in [0.29, 0.717) is 6.54 Å². The SMILES string of the molecule is CCc1nn(CCc2ccnn2C)c(CC)c1CN. The van der Waals surface area contributed by atoms with Crippen LogP contribution in [0.15, 0.2) is 12.3 Å². The van der Waals surface area contributed by atoms with Gasteiger partial charge in [-0.3, -0.25) is 9.36 Å². The molecule has 19 heavy (non-hydrogen) atoms. The minimum Gasteiger partial charge on any atom is -0.326 e. The normalized spacial score (nSPS) is 11.2. The number of rotatable bonds is 6. The van der Waals surface area contributed by atoms with Crippen molar-refractivity contribution in [3.63, 3.8) is 0 Å². The van der Waals surface area contributed by atoms with E-state index in [9.17, 15) is 0 Å². The van der Waals surface area contributed by atoms with Crippen LogP contribution < -0.4 is 5.73 Å². The van der Waals surface area contributed by atoms with Crippen molar-refractivity contribution in [2.24, 2.45) is 12.8 Å². The second-order valence-electron chi connectivity index (χ2n) is 4.70. The Morgan fingerprint density at radius 1 is 1.26 bits per heavy atom. The van der Waals surface area contributed by atoms with E-state index in [1.807, 2.05) is 17.9 Å². The molecule has 2 N–H and O–H groups in total. The van der Waals surface area contributed by atoms with E-state index in [1.54, 1.807) is 0 Å². The fraction of sp³-hybridized carbons (Fsp3) is 0.571. The summed E-state index contributed by atoms with van der Waals surface area (Å²) >= 11 is 0. The highest BCUT2D eigenvalue weighted by atomic mass is 15.3. The van der Waals surface area contributed by atoms with E-state index in [1.165, 1.54) is 17.0 Å². The Bertz CT molecular complexity index is 538. The summed E-state index contributed by atoms with van der Waals surface area (Å²) in [5.41, 5.74) is 10.7. The second-order valence-corrected chi connectivity index (χ2v) is 4.70. The Labute approximate surface area is 114 Å². The first-order valence-corrected chi connectivity index (χ1v) is 6.95. The molecule has 0 unspecified atom stereocenters. The van der Waals surface area contributed by atoms with Crippen LogP contribution in [0.3, 0.4) is 0 Å². The molecule has 5 heteroatoms. The van der Waals surface area contributed by atoms with Crippen LogP contribution in [0.2, 0.25) is 0 Å². The van der Waals surface area contributed by atoms with Gasteiger partial charge in [-0.2, -0.15) is 10.2 Å². The molecule has 0 spiro atoms. The molecule has 0 aliphatic heterocycles. The summed E-state index contributed by atoms with van der Waals surface area (Å²) in [7, 11) is 1.97. The Hall–Kier alpha value is -1.62. The van der Waals surface area contributed by atoms with Gasteiger partial charge in [-0.05, 0) is 18.9 Å². The predicted octanol–water partition coefficient (Wildman–Crippen LogP) is 1.44. The summed E-state index contributed by atoms with van der Waals surface area (Å²) in [4.78, 5) is 0. The van der Waals surface area contributed by atoms with Crippen molar-refractivity contribution in [1.82, 2.24) is 19.6 Å². The summed E-state index contributed by atoms with van der Waals surface area (Å²) in [5.74, 6) is 0. The summed E-state index contributed by atoms with van der Waals surface area (Å²) in [6.45, 7) is 5.76. The van der Waals surface area contributed by atoms with Crippen molar-refractivity contribution in [3.8, 4) is 0 Å². The summed E-state index contributed by atoms with van der Waals surface area (Å²) in [6.07, 6.45) is 4.70. The lowest BCUT2D eigenvalue weighted by atomic mass is 10.1. The predicted molar refractivity (Wildman–Crippen MR) is 75.8 cm³/mol. The van der Waals surface area contributed by atoms with Gasteiger partial charge >= 0.3 is 0 Å². The average molecular weight is 261 g/mol. The third kappa shape index (κ3) is 2.71. The van der Waals surface area contributed by atoms with E-state index in [2.05, 4.69) is 29.7 Å². The van der Waals surface area contributed by atoms with E-state index in [4.69, 9.17) is 10.8 Å². The van der Waals surface area contributed by atoms with Crippen LogP contribution in [0, 0.1) is 0 Å². The number of hydrogen-bond acceptors (Lipinski definition) is 3. The maximum absolute atomic E-state index is 5.86. The van der Waals surface area contributed by atoms with Crippen LogP contribution >= 0.6 is 0 Å². The summed E-state index contributed by atoms with van der Waals surface area (Å²) < 4.78 is 4.04. The minimum atomic E-state index is 0.581. The number of nitrogens with two attached hydrogens (primary N) is 1. The highest BCUT2D eigenvalue weighted by Gasteiger charge is 2.14. The van der Waals surface area contributed by atoms with Crippen LogP contribution in [0.25, 0.3) is 0 Å². The fourth-order valence-corrected chi connectivity index (χ4v) is 2.56. The van der Waals surface area contributed by atoms with E-state index in [-0.39, 0.29) is 0 Å². The molecule has 0 saturated heterocycles. The molecule has 0 aliphatic carbocycles. The van der Waals surface area contributed by atoms with Crippen molar-refractivity contribution in [2.45, 2.75) is 46.2 Å². The molecule has 0 amide bonds. The number of nitrogens with zero attached hydrogens (tertiary/aromatic N) is 4. The highest BCUT2D eigenvalue weighted by molar-refractivity contribution is 5.26. The van der Waals surface area contributed by atoms with Crippen molar-refractivity contribution in [3.05, 3.63) is 34.9 Å². The van der Waals surface area contributed by atoms with Crippen molar-refractivity contribution in [2.75, 3.05) is 0 Å². The minimum absolute atomic E-state index is 0.581. The Morgan fingerprint density at radius 2 is 2.05 bits per heavy atom. The molecule has 2 aromatic rings. The Kier molecular flexibility index (Phi) is 4.37. The zero-order valence-electron chi connectivity index (χ0n) is 12.1. The van der Waals surface area contributed by atoms with Gasteiger partial charge in [0.1, 0.15) is 0 Å². The van der Waals surface area contributed by atoms with Gasteiger partial charge in [-0.15, -0.1) is 0 Å². The third-order valence-electron chi connectivity index (χ3n) is 3.63. The molecule has 2 aromatic heterocycles. The Balaban J connectivity index is 2.20. The number of aromatic nitrogens is 4. The number of hydrogen-bond donors (Lipinski definition) is 1. The topological polar surface area (TPSA) is 61.7 Å². The summed E-state index contributed by atoms with van der Waals surface area (Å²) in [5, 5.41) is 8.90. The molecule has 5 nitrogen and oxygen atoms in total. The van der Waals surface area contributed by atoms with Crippen molar-refractivity contribution >= 4 is 0 Å². The molecule has 0 atom stereocenters. The molecule has 0 radical (unpaired) electrons. The monoisotopic (exact) mass is 261 g/mol. The first kappa shape index (κ1) is 13.8. The smallest absolute Gasteiger partial charge is 0.0669 e. The van der Waals surface area contributed by atoms with Crippen LogP contribution in [0.5, 0.6) is 0 Å². The molecule has 2 rings (SSSR count). The van der Waals surface area contributed by atoms with Crippen LogP contribution in [-0.4, -0.2) is 19.6 Å². The first-order chi connectivity index (χ1) is 9.21. The Morgan fingerprint density at radius 3 is 2.58 bits per heavy atom. The molecule has 2 heterocycles. The second kappa shape index (κ2) is 6.02. The van der Waals surface area contributed by atoms with E-state index in [0.717, 1.165) is 31.5 Å². The lowest BCUT2D eigenvalue weighted by Crippen LogP contribution is -2.10. The quantitative estimate of drug-likeness (QED) is 0.856. The van der Waals surface area contributed by atoms with Gasteiger partial charge in [0, 0.05) is 49.7 Å². The van der Waals surface area contributed by atoms with Gasteiger partial charge in [-0.25, -0.2) is 0 Å². The van der Waals surface area contributed by atoms with E-state index >= 15 is 0 Å². The van der Waals surface area contributed by atoms with Crippen LogP contribution in [-0.2, 0) is 39.4 Å². The molecule has 0 saturated carbocycles.